The lowest BCUT2D eigenvalue weighted by Gasteiger charge is -2.36. The van der Waals surface area contributed by atoms with Gasteiger partial charge >= 0.3 is 0 Å². The first-order valence-electron chi connectivity index (χ1n) is 7.17. The molecule has 1 aliphatic rings. The minimum Gasteiger partial charge on any atom is -0.381 e. The second-order valence-corrected chi connectivity index (χ2v) is 5.78. The van der Waals surface area contributed by atoms with Crippen LogP contribution in [0.15, 0.2) is 54.6 Å². The van der Waals surface area contributed by atoms with Crippen molar-refractivity contribution in [1.82, 2.24) is 0 Å². The summed E-state index contributed by atoms with van der Waals surface area (Å²) >= 11 is 6.24. The summed E-state index contributed by atoms with van der Waals surface area (Å²) in [7, 11) is 0. The molecule has 0 aromatic heterocycles. The number of carbonyl (C=O) groups excluding carboxylic acids is 1. The Morgan fingerprint density at radius 2 is 1.57 bits per heavy atom. The van der Waals surface area contributed by atoms with Crippen LogP contribution in [0, 0.1) is 0 Å². The Labute approximate surface area is 129 Å². The fourth-order valence-electron chi connectivity index (χ4n) is 3.03. The lowest BCUT2D eigenvalue weighted by Crippen LogP contribution is -2.41. The maximum absolute atomic E-state index is 13.2. The van der Waals surface area contributed by atoms with Crippen molar-refractivity contribution in [3.8, 4) is 0 Å². The van der Waals surface area contributed by atoms with E-state index in [1.165, 1.54) is 0 Å². The Hall–Kier alpha value is -1.64. The average molecular weight is 301 g/mol. The fourth-order valence-corrected chi connectivity index (χ4v) is 3.25. The second kappa shape index (κ2) is 6.00. The molecule has 1 heterocycles. The first-order valence-corrected chi connectivity index (χ1v) is 7.54. The van der Waals surface area contributed by atoms with Gasteiger partial charge in [0, 0.05) is 18.8 Å². The van der Waals surface area contributed by atoms with Gasteiger partial charge in [0.25, 0.3) is 0 Å². The van der Waals surface area contributed by atoms with Crippen LogP contribution in [0.25, 0.3) is 0 Å². The number of rotatable bonds is 3. The first-order chi connectivity index (χ1) is 10.2. The van der Waals surface area contributed by atoms with Crippen LogP contribution in [-0.2, 0) is 10.2 Å². The number of ether oxygens (including phenoxy) is 1. The molecule has 2 nitrogen and oxygen atoms in total. The number of benzene rings is 2. The van der Waals surface area contributed by atoms with E-state index >= 15 is 0 Å². The van der Waals surface area contributed by atoms with E-state index in [1.807, 2.05) is 48.5 Å². The summed E-state index contributed by atoms with van der Waals surface area (Å²) in [4.78, 5) is 13.2. The van der Waals surface area contributed by atoms with Gasteiger partial charge in [-0.2, -0.15) is 0 Å². The van der Waals surface area contributed by atoms with Crippen LogP contribution in [-0.4, -0.2) is 19.0 Å². The van der Waals surface area contributed by atoms with Gasteiger partial charge in [0.1, 0.15) is 0 Å². The quantitative estimate of drug-likeness (QED) is 0.791. The predicted octanol–water partition coefficient (Wildman–Crippen LogP) is 4.27. The Bertz CT molecular complexity index is 631. The van der Waals surface area contributed by atoms with Gasteiger partial charge in [-0.25, -0.2) is 0 Å². The third kappa shape index (κ3) is 2.61. The zero-order chi connectivity index (χ0) is 14.7. The van der Waals surface area contributed by atoms with Gasteiger partial charge in [0.05, 0.1) is 10.4 Å². The molecule has 2 aromatic carbocycles. The second-order valence-electron chi connectivity index (χ2n) is 5.37. The maximum atomic E-state index is 13.2. The Morgan fingerprint density at radius 3 is 2.24 bits per heavy atom. The molecule has 0 saturated carbocycles. The highest BCUT2D eigenvalue weighted by Gasteiger charge is 2.42. The largest absolute Gasteiger partial charge is 0.381 e. The van der Waals surface area contributed by atoms with Gasteiger partial charge in [0.2, 0.25) is 0 Å². The standard InChI is InChI=1S/C18H17ClO2/c19-16-9-5-4-8-15(16)17(20)18(10-12-21-13-11-18)14-6-2-1-3-7-14/h1-9H,10-13H2. The lowest BCUT2D eigenvalue weighted by atomic mass is 9.69. The van der Waals surface area contributed by atoms with Gasteiger partial charge in [-0.15, -0.1) is 0 Å². The normalized spacial score (nSPS) is 17.4. The van der Waals surface area contributed by atoms with Crippen LogP contribution < -0.4 is 0 Å². The fraction of sp³-hybridized carbons (Fsp3) is 0.278. The Kier molecular flexibility index (Phi) is 4.09. The lowest BCUT2D eigenvalue weighted by molar-refractivity contribution is 0.0424. The highest BCUT2D eigenvalue weighted by atomic mass is 35.5. The van der Waals surface area contributed by atoms with Gasteiger partial charge in [-0.3, -0.25) is 4.79 Å². The average Bonchev–Trinajstić information content (AvgIpc) is 2.56. The van der Waals surface area contributed by atoms with Crippen LogP contribution in [0.4, 0.5) is 0 Å². The van der Waals surface area contributed by atoms with Crippen molar-refractivity contribution in [3.63, 3.8) is 0 Å². The summed E-state index contributed by atoms with van der Waals surface area (Å²) < 4.78 is 5.48. The number of hydrogen-bond donors (Lipinski definition) is 0. The molecule has 0 spiro atoms. The van der Waals surface area contributed by atoms with Gasteiger partial charge in [-0.1, -0.05) is 54.1 Å². The molecule has 0 radical (unpaired) electrons. The molecular weight excluding hydrogens is 284 g/mol. The molecule has 0 unspecified atom stereocenters. The smallest absolute Gasteiger partial charge is 0.175 e. The summed E-state index contributed by atoms with van der Waals surface area (Å²) in [6.07, 6.45) is 1.39. The van der Waals surface area contributed by atoms with E-state index in [-0.39, 0.29) is 5.78 Å². The zero-order valence-electron chi connectivity index (χ0n) is 11.7. The van der Waals surface area contributed by atoms with Crippen LogP contribution >= 0.6 is 11.6 Å². The summed E-state index contributed by atoms with van der Waals surface area (Å²) in [5.74, 6) is 0.0996. The minimum absolute atomic E-state index is 0.0996. The molecule has 1 aliphatic heterocycles. The third-order valence-electron chi connectivity index (χ3n) is 4.23. The van der Waals surface area contributed by atoms with Crippen molar-refractivity contribution in [1.29, 1.82) is 0 Å². The zero-order valence-corrected chi connectivity index (χ0v) is 12.5. The predicted molar refractivity (Wildman–Crippen MR) is 84.0 cm³/mol. The molecule has 21 heavy (non-hydrogen) atoms. The summed E-state index contributed by atoms with van der Waals surface area (Å²) in [5, 5.41) is 0.518. The van der Waals surface area contributed by atoms with Crippen molar-refractivity contribution >= 4 is 17.4 Å². The summed E-state index contributed by atoms with van der Waals surface area (Å²) in [5.41, 5.74) is 1.13. The van der Waals surface area contributed by atoms with E-state index in [4.69, 9.17) is 16.3 Å². The van der Waals surface area contributed by atoms with Crippen molar-refractivity contribution in [2.75, 3.05) is 13.2 Å². The van der Waals surface area contributed by atoms with Crippen LogP contribution in [0.3, 0.4) is 0 Å². The van der Waals surface area contributed by atoms with Crippen LogP contribution in [0.1, 0.15) is 28.8 Å². The molecule has 1 fully saturated rings. The SMILES string of the molecule is O=C(c1ccccc1Cl)C1(c2ccccc2)CCOCC1. The first kappa shape index (κ1) is 14.3. The monoisotopic (exact) mass is 300 g/mol. The van der Waals surface area contributed by atoms with E-state index in [1.54, 1.807) is 6.07 Å². The van der Waals surface area contributed by atoms with Crippen LogP contribution in [0.2, 0.25) is 5.02 Å². The molecule has 0 amide bonds. The molecule has 3 heteroatoms. The third-order valence-corrected chi connectivity index (χ3v) is 4.56. The highest BCUT2D eigenvalue weighted by molar-refractivity contribution is 6.34. The molecule has 108 valence electrons. The number of ketones is 1. The molecule has 0 aliphatic carbocycles. The summed E-state index contributed by atoms with van der Waals surface area (Å²) in [6.45, 7) is 1.20. The number of Topliss-reactive ketones (excluding diaryl/α,β-unsaturated/α-hetero) is 1. The van der Waals surface area contributed by atoms with Gasteiger partial charge in [0.15, 0.2) is 5.78 Å². The van der Waals surface area contributed by atoms with Gasteiger partial charge in [-0.05, 0) is 30.5 Å². The molecule has 1 saturated heterocycles. The van der Waals surface area contributed by atoms with E-state index in [0.717, 1.165) is 5.56 Å². The topological polar surface area (TPSA) is 26.3 Å². The van der Waals surface area contributed by atoms with Crippen molar-refractivity contribution in [3.05, 3.63) is 70.7 Å². The maximum Gasteiger partial charge on any atom is 0.175 e. The molecule has 2 aromatic rings. The van der Waals surface area contributed by atoms with E-state index in [2.05, 4.69) is 0 Å². The van der Waals surface area contributed by atoms with E-state index in [0.29, 0.717) is 36.6 Å². The molecule has 0 atom stereocenters. The number of halogens is 1. The van der Waals surface area contributed by atoms with E-state index in [9.17, 15) is 4.79 Å². The number of hydrogen-bond acceptors (Lipinski definition) is 2. The Balaban J connectivity index is 2.08. The minimum atomic E-state index is -0.523. The number of carbonyl (C=O) groups is 1. The molecule has 3 rings (SSSR count). The van der Waals surface area contributed by atoms with E-state index < -0.39 is 5.41 Å². The van der Waals surface area contributed by atoms with Crippen molar-refractivity contribution in [2.45, 2.75) is 18.3 Å². The Morgan fingerprint density at radius 1 is 0.952 bits per heavy atom. The molecule has 0 bridgehead atoms. The van der Waals surface area contributed by atoms with Crippen molar-refractivity contribution < 1.29 is 9.53 Å². The van der Waals surface area contributed by atoms with Crippen LogP contribution in [0.5, 0.6) is 0 Å². The molecular formula is C18H17ClO2. The van der Waals surface area contributed by atoms with Crippen molar-refractivity contribution in [2.24, 2.45) is 0 Å². The summed E-state index contributed by atoms with van der Waals surface area (Å²) in [6, 6.07) is 17.3. The highest BCUT2D eigenvalue weighted by Crippen LogP contribution is 2.39. The van der Waals surface area contributed by atoms with Gasteiger partial charge < -0.3 is 4.74 Å². The molecule has 0 N–H and O–H groups in total.